The Morgan fingerprint density at radius 2 is 2.00 bits per heavy atom. The van der Waals surface area contributed by atoms with Gasteiger partial charge in [0.05, 0.1) is 4.99 Å². The van der Waals surface area contributed by atoms with Gasteiger partial charge in [0, 0.05) is 32.6 Å². The predicted molar refractivity (Wildman–Crippen MR) is 77.5 cm³/mol. The first-order valence-corrected chi connectivity index (χ1v) is 8.22. The number of hydrogen-bond donors (Lipinski definition) is 1. The second-order valence-corrected chi connectivity index (χ2v) is 7.25. The summed E-state index contributed by atoms with van der Waals surface area (Å²) in [5, 5.41) is 0. The van der Waals surface area contributed by atoms with Crippen molar-refractivity contribution in [1.82, 2.24) is 8.61 Å². The van der Waals surface area contributed by atoms with Gasteiger partial charge in [-0.05, 0) is 18.8 Å². The van der Waals surface area contributed by atoms with E-state index in [4.69, 9.17) is 18.0 Å². The summed E-state index contributed by atoms with van der Waals surface area (Å²) < 4.78 is 27.8. The molecule has 1 saturated heterocycles. The Morgan fingerprint density at radius 1 is 1.44 bits per heavy atom. The highest BCUT2D eigenvalue weighted by Gasteiger charge is 2.30. The second-order valence-electron chi connectivity index (χ2n) is 4.80. The number of nitrogens with zero attached hydrogens (tertiary/aromatic N) is 2. The molecule has 7 heteroatoms. The van der Waals surface area contributed by atoms with Gasteiger partial charge in [-0.25, -0.2) is 0 Å². The fourth-order valence-electron chi connectivity index (χ4n) is 2.05. The van der Waals surface area contributed by atoms with Crippen molar-refractivity contribution in [2.45, 2.75) is 33.1 Å². The molecule has 1 fully saturated rings. The highest BCUT2D eigenvalue weighted by Crippen LogP contribution is 2.20. The Labute approximate surface area is 115 Å². The molecule has 1 aliphatic rings. The lowest BCUT2D eigenvalue weighted by atomic mass is 10.0. The molecule has 2 N–H and O–H groups in total. The zero-order valence-electron chi connectivity index (χ0n) is 11.1. The Morgan fingerprint density at radius 3 is 2.44 bits per heavy atom. The van der Waals surface area contributed by atoms with Crippen LogP contribution in [-0.4, -0.2) is 48.2 Å². The molecule has 1 heterocycles. The van der Waals surface area contributed by atoms with Crippen molar-refractivity contribution in [3.8, 4) is 0 Å². The van der Waals surface area contributed by atoms with E-state index in [1.807, 2.05) is 6.92 Å². The van der Waals surface area contributed by atoms with Crippen LogP contribution in [0.25, 0.3) is 0 Å². The van der Waals surface area contributed by atoms with E-state index in [0.717, 1.165) is 12.8 Å². The molecule has 0 spiro atoms. The molecular formula is C11H23N3O2S2. The van der Waals surface area contributed by atoms with Crippen LogP contribution in [0.1, 0.15) is 33.1 Å². The summed E-state index contributed by atoms with van der Waals surface area (Å²) in [6.45, 7) is 6.06. The van der Waals surface area contributed by atoms with Crippen LogP contribution in [0.3, 0.4) is 0 Å². The van der Waals surface area contributed by atoms with Crippen LogP contribution < -0.4 is 5.73 Å². The van der Waals surface area contributed by atoms with E-state index in [9.17, 15) is 8.42 Å². The van der Waals surface area contributed by atoms with E-state index < -0.39 is 10.2 Å². The van der Waals surface area contributed by atoms with Crippen LogP contribution in [0.5, 0.6) is 0 Å². The Hall–Kier alpha value is -0.240. The molecule has 0 bridgehead atoms. The lowest BCUT2D eigenvalue weighted by Gasteiger charge is -2.33. The van der Waals surface area contributed by atoms with Gasteiger partial charge in [-0.1, -0.05) is 26.1 Å². The third kappa shape index (κ3) is 4.15. The van der Waals surface area contributed by atoms with Crippen LogP contribution in [0.2, 0.25) is 0 Å². The quantitative estimate of drug-likeness (QED) is 0.741. The van der Waals surface area contributed by atoms with Gasteiger partial charge in [-0.15, -0.1) is 0 Å². The molecule has 0 aliphatic carbocycles. The fourth-order valence-corrected chi connectivity index (χ4v) is 3.79. The highest BCUT2D eigenvalue weighted by atomic mass is 32.2. The van der Waals surface area contributed by atoms with E-state index in [-0.39, 0.29) is 0 Å². The second kappa shape index (κ2) is 6.79. The topological polar surface area (TPSA) is 66.6 Å². The summed E-state index contributed by atoms with van der Waals surface area (Å²) in [5.74, 6) is 0.614. The molecule has 1 rings (SSSR count). The molecule has 0 atom stereocenters. The van der Waals surface area contributed by atoms with Crippen molar-refractivity contribution < 1.29 is 8.42 Å². The van der Waals surface area contributed by atoms with Gasteiger partial charge in [0.1, 0.15) is 0 Å². The van der Waals surface area contributed by atoms with Gasteiger partial charge in [0.2, 0.25) is 0 Å². The first-order chi connectivity index (χ1) is 8.37. The fraction of sp³-hybridized carbons (Fsp3) is 0.909. The summed E-state index contributed by atoms with van der Waals surface area (Å²) in [6, 6.07) is 0. The number of thiocarbonyl (C=S) groups is 1. The van der Waals surface area contributed by atoms with Crippen molar-refractivity contribution in [3.05, 3.63) is 0 Å². The number of rotatable bonds is 6. The Bertz CT molecular complexity index is 376. The van der Waals surface area contributed by atoms with Crippen molar-refractivity contribution >= 4 is 27.4 Å². The van der Waals surface area contributed by atoms with Gasteiger partial charge >= 0.3 is 0 Å². The maximum Gasteiger partial charge on any atom is 0.281 e. The molecular weight excluding hydrogens is 270 g/mol. The Kier molecular flexibility index (Phi) is 5.97. The third-order valence-corrected chi connectivity index (χ3v) is 5.67. The molecule has 0 aromatic heterocycles. The first-order valence-electron chi connectivity index (χ1n) is 6.41. The zero-order chi connectivity index (χ0) is 13.8. The molecule has 0 radical (unpaired) electrons. The van der Waals surface area contributed by atoms with E-state index >= 15 is 0 Å². The monoisotopic (exact) mass is 293 g/mol. The van der Waals surface area contributed by atoms with Gasteiger partial charge in [-0.2, -0.15) is 17.0 Å². The Balaban J connectivity index is 2.67. The number of piperidine rings is 1. The largest absolute Gasteiger partial charge is 0.393 e. The number of hydrogen-bond acceptors (Lipinski definition) is 3. The van der Waals surface area contributed by atoms with Crippen molar-refractivity contribution in [2.75, 3.05) is 26.2 Å². The van der Waals surface area contributed by atoms with E-state index in [1.165, 1.54) is 4.31 Å². The summed E-state index contributed by atoms with van der Waals surface area (Å²) in [4.78, 5) is 0.357. The molecule has 106 valence electrons. The molecule has 0 saturated carbocycles. The predicted octanol–water partition coefficient (Wildman–Crippen LogP) is 0.961. The van der Waals surface area contributed by atoms with Gasteiger partial charge in [-0.3, -0.25) is 0 Å². The molecule has 1 aliphatic heterocycles. The van der Waals surface area contributed by atoms with Crippen molar-refractivity contribution in [1.29, 1.82) is 0 Å². The van der Waals surface area contributed by atoms with Crippen LogP contribution in [0, 0.1) is 5.92 Å². The summed E-state index contributed by atoms with van der Waals surface area (Å²) >= 11 is 4.80. The van der Waals surface area contributed by atoms with E-state index in [1.54, 1.807) is 4.31 Å². The maximum absolute atomic E-state index is 12.4. The van der Waals surface area contributed by atoms with E-state index in [2.05, 4.69) is 6.92 Å². The smallest absolute Gasteiger partial charge is 0.281 e. The van der Waals surface area contributed by atoms with E-state index in [0.29, 0.717) is 43.5 Å². The molecule has 18 heavy (non-hydrogen) atoms. The SMILES string of the molecule is CCN(CCC(N)=S)S(=O)(=O)N1CCC(C)CC1. The molecule has 0 amide bonds. The summed E-state index contributed by atoms with van der Waals surface area (Å²) in [7, 11) is -3.34. The molecule has 0 aromatic carbocycles. The van der Waals surface area contributed by atoms with Crippen molar-refractivity contribution in [2.24, 2.45) is 11.7 Å². The summed E-state index contributed by atoms with van der Waals surface area (Å²) in [6.07, 6.45) is 2.31. The molecule has 5 nitrogen and oxygen atoms in total. The van der Waals surface area contributed by atoms with Crippen LogP contribution in [0.15, 0.2) is 0 Å². The molecule has 0 unspecified atom stereocenters. The van der Waals surface area contributed by atoms with Crippen LogP contribution in [-0.2, 0) is 10.2 Å². The zero-order valence-corrected chi connectivity index (χ0v) is 12.8. The van der Waals surface area contributed by atoms with Crippen LogP contribution >= 0.6 is 12.2 Å². The minimum Gasteiger partial charge on any atom is -0.393 e. The molecule has 0 aromatic rings. The normalized spacial score (nSPS) is 19.3. The standard InChI is InChI=1S/C11H23N3O2S2/c1-3-13(9-6-11(12)17)18(15,16)14-7-4-10(2)5-8-14/h10H,3-9H2,1-2H3,(H2,12,17). The average Bonchev–Trinajstić information content (AvgIpc) is 2.29. The average molecular weight is 293 g/mol. The minimum absolute atomic E-state index is 0.357. The third-order valence-electron chi connectivity index (χ3n) is 3.36. The lowest BCUT2D eigenvalue weighted by molar-refractivity contribution is 0.266. The highest BCUT2D eigenvalue weighted by molar-refractivity contribution is 7.86. The first kappa shape index (κ1) is 15.8. The lowest BCUT2D eigenvalue weighted by Crippen LogP contribution is -2.47. The van der Waals surface area contributed by atoms with Crippen LogP contribution in [0.4, 0.5) is 0 Å². The summed E-state index contributed by atoms with van der Waals surface area (Å²) in [5.41, 5.74) is 5.43. The number of nitrogens with two attached hydrogens (primary N) is 1. The maximum atomic E-state index is 12.4. The minimum atomic E-state index is -3.34. The van der Waals surface area contributed by atoms with Gasteiger partial charge in [0.25, 0.3) is 10.2 Å². The van der Waals surface area contributed by atoms with Gasteiger partial charge < -0.3 is 5.73 Å². The van der Waals surface area contributed by atoms with Gasteiger partial charge in [0.15, 0.2) is 0 Å². The van der Waals surface area contributed by atoms with Crippen molar-refractivity contribution in [3.63, 3.8) is 0 Å².